The molecule has 0 unspecified atom stereocenters. The van der Waals surface area contributed by atoms with Gasteiger partial charge in [-0.2, -0.15) is 0 Å². The number of carbonyl (C=O) groups is 1. The van der Waals surface area contributed by atoms with Crippen molar-refractivity contribution in [2.24, 2.45) is 17.7 Å². The number of aliphatic hydroxyl groups is 1. The number of amides is 1. The number of unbranched alkanes of at least 4 members (excludes halogenated alkanes) is 2. The number of hydrogen-bond donors (Lipinski definition) is 3. The Kier molecular flexibility index (Phi) is 5.65. The number of hydrazine groups is 1. The molecule has 0 saturated heterocycles. The Balaban J connectivity index is 2.70. The van der Waals surface area contributed by atoms with Gasteiger partial charge in [0, 0.05) is 0 Å². The monoisotopic (exact) mass is 240 g/mol. The van der Waals surface area contributed by atoms with E-state index in [1.54, 1.807) is 6.08 Å². The van der Waals surface area contributed by atoms with E-state index < -0.39 is 6.10 Å². The van der Waals surface area contributed by atoms with Crippen molar-refractivity contribution in [2.75, 3.05) is 0 Å². The van der Waals surface area contributed by atoms with Crippen LogP contribution in [0.3, 0.4) is 0 Å². The Labute approximate surface area is 103 Å². The second-order valence-corrected chi connectivity index (χ2v) is 4.96. The molecule has 0 radical (unpaired) electrons. The van der Waals surface area contributed by atoms with E-state index >= 15 is 0 Å². The molecule has 1 amide bonds. The summed E-state index contributed by atoms with van der Waals surface area (Å²) in [6.07, 6.45) is 6.45. The van der Waals surface area contributed by atoms with Gasteiger partial charge in [-0.15, -0.1) is 0 Å². The predicted octanol–water partition coefficient (Wildman–Crippen LogP) is 1.50. The van der Waals surface area contributed by atoms with Crippen LogP contribution in [0.2, 0.25) is 0 Å². The quantitative estimate of drug-likeness (QED) is 0.224. The maximum absolute atomic E-state index is 11.8. The highest BCUT2D eigenvalue weighted by Crippen LogP contribution is 2.34. The molecular weight excluding hydrogens is 216 g/mol. The standard InChI is InChI=1S/C13H24N2O2/c1-3-4-5-6-10-8-11(16)7-9(2)12(10)13(17)15-14/h7,10-12,16H,3-6,8,14H2,1-2H3,(H,15,17)/t10-,11+,12-/m0/s1. The van der Waals surface area contributed by atoms with Crippen molar-refractivity contribution in [1.29, 1.82) is 0 Å². The number of rotatable bonds is 5. The van der Waals surface area contributed by atoms with Gasteiger partial charge in [-0.3, -0.25) is 10.2 Å². The molecule has 0 aliphatic heterocycles. The number of nitrogens with two attached hydrogens (primary N) is 1. The van der Waals surface area contributed by atoms with Gasteiger partial charge in [-0.1, -0.05) is 37.8 Å². The Bertz CT molecular complexity index is 289. The van der Waals surface area contributed by atoms with E-state index in [0.29, 0.717) is 6.42 Å². The molecule has 0 aromatic heterocycles. The molecule has 0 saturated carbocycles. The first kappa shape index (κ1) is 14.2. The molecule has 1 aliphatic carbocycles. The van der Waals surface area contributed by atoms with Crippen molar-refractivity contribution < 1.29 is 9.90 Å². The molecule has 4 N–H and O–H groups in total. The van der Waals surface area contributed by atoms with E-state index in [-0.39, 0.29) is 17.7 Å². The highest BCUT2D eigenvalue weighted by atomic mass is 16.3. The average Bonchev–Trinajstić information content (AvgIpc) is 2.28. The van der Waals surface area contributed by atoms with Gasteiger partial charge in [0.1, 0.15) is 0 Å². The third kappa shape index (κ3) is 3.82. The minimum atomic E-state index is -0.413. The number of hydrogen-bond acceptors (Lipinski definition) is 3. The van der Waals surface area contributed by atoms with Gasteiger partial charge in [0.25, 0.3) is 0 Å². The van der Waals surface area contributed by atoms with Crippen molar-refractivity contribution >= 4 is 5.91 Å². The molecule has 0 aromatic rings. The molecule has 1 rings (SSSR count). The van der Waals surface area contributed by atoms with Gasteiger partial charge in [0.15, 0.2) is 0 Å². The zero-order valence-electron chi connectivity index (χ0n) is 10.8. The Morgan fingerprint density at radius 3 is 2.88 bits per heavy atom. The van der Waals surface area contributed by atoms with Crippen molar-refractivity contribution in [2.45, 2.75) is 52.1 Å². The molecule has 4 nitrogen and oxygen atoms in total. The molecule has 17 heavy (non-hydrogen) atoms. The van der Waals surface area contributed by atoms with Crippen LogP contribution in [0, 0.1) is 11.8 Å². The van der Waals surface area contributed by atoms with Crippen LogP contribution < -0.4 is 11.3 Å². The second kappa shape index (κ2) is 6.77. The Morgan fingerprint density at radius 1 is 1.59 bits per heavy atom. The summed E-state index contributed by atoms with van der Waals surface area (Å²) in [5.74, 6) is 5.14. The molecule has 0 heterocycles. The summed E-state index contributed by atoms with van der Waals surface area (Å²) >= 11 is 0. The fraction of sp³-hybridized carbons (Fsp3) is 0.769. The van der Waals surface area contributed by atoms with Crippen LogP contribution in [-0.2, 0) is 4.79 Å². The van der Waals surface area contributed by atoms with E-state index in [4.69, 9.17) is 5.84 Å². The normalized spacial score (nSPS) is 28.7. The molecule has 4 heteroatoms. The van der Waals surface area contributed by atoms with Gasteiger partial charge in [-0.05, 0) is 25.7 Å². The van der Waals surface area contributed by atoms with Crippen molar-refractivity contribution in [3.8, 4) is 0 Å². The maximum atomic E-state index is 11.8. The third-order valence-corrected chi connectivity index (χ3v) is 3.56. The molecule has 0 aromatic carbocycles. The van der Waals surface area contributed by atoms with Crippen LogP contribution in [0.1, 0.15) is 46.0 Å². The molecule has 0 spiro atoms. The maximum Gasteiger partial charge on any atom is 0.241 e. The zero-order valence-corrected chi connectivity index (χ0v) is 10.8. The van der Waals surface area contributed by atoms with Crippen LogP contribution in [0.15, 0.2) is 11.6 Å². The fourth-order valence-corrected chi connectivity index (χ4v) is 2.74. The van der Waals surface area contributed by atoms with E-state index in [1.165, 1.54) is 6.42 Å². The van der Waals surface area contributed by atoms with Crippen LogP contribution in [0.5, 0.6) is 0 Å². The summed E-state index contributed by atoms with van der Waals surface area (Å²) in [6, 6.07) is 0. The molecule has 0 bridgehead atoms. The molecule has 1 aliphatic rings. The third-order valence-electron chi connectivity index (χ3n) is 3.56. The van der Waals surface area contributed by atoms with Gasteiger partial charge >= 0.3 is 0 Å². The van der Waals surface area contributed by atoms with Crippen LogP contribution >= 0.6 is 0 Å². The lowest BCUT2D eigenvalue weighted by Gasteiger charge is -2.32. The largest absolute Gasteiger partial charge is 0.389 e. The highest BCUT2D eigenvalue weighted by molar-refractivity contribution is 5.81. The van der Waals surface area contributed by atoms with Crippen molar-refractivity contribution in [3.63, 3.8) is 0 Å². The van der Waals surface area contributed by atoms with Crippen LogP contribution in [0.25, 0.3) is 0 Å². The highest BCUT2D eigenvalue weighted by Gasteiger charge is 2.33. The lowest BCUT2D eigenvalue weighted by Crippen LogP contribution is -2.42. The summed E-state index contributed by atoms with van der Waals surface area (Å²) in [7, 11) is 0. The first-order chi connectivity index (χ1) is 8.10. The predicted molar refractivity (Wildman–Crippen MR) is 67.8 cm³/mol. The summed E-state index contributed by atoms with van der Waals surface area (Å²) in [6.45, 7) is 4.06. The number of nitrogens with one attached hydrogen (secondary N) is 1. The first-order valence-corrected chi connectivity index (χ1v) is 6.47. The van der Waals surface area contributed by atoms with E-state index in [1.807, 2.05) is 6.92 Å². The van der Waals surface area contributed by atoms with E-state index in [2.05, 4.69) is 12.3 Å². The summed E-state index contributed by atoms with van der Waals surface area (Å²) in [5.41, 5.74) is 3.18. The van der Waals surface area contributed by atoms with E-state index in [9.17, 15) is 9.90 Å². The number of carbonyl (C=O) groups excluding carboxylic acids is 1. The smallest absolute Gasteiger partial charge is 0.241 e. The molecule has 98 valence electrons. The molecular formula is C13H24N2O2. The summed E-state index contributed by atoms with van der Waals surface area (Å²) in [5, 5.41) is 9.74. The second-order valence-electron chi connectivity index (χ2n) is 4.96. The van der Waals surface area contributed by atoms with Crippen LogP contribution in [-0.4, -0.2) is 17.1 Å². The van der Waals surface area contributed by atoms with E-state index in [0.717, 1.165) is 24.8 Å². The summed E-state index contributed by atoms with van der Waals surface area (Å²) < 4.78 is 0. The lowest BCUT2D eigenvalue weighted by molar-refractivity contribution is -0.126. The van der Waals surface area contributed by atoms with Gasteiger partial charge < -0.3 is 5.11 Å². The Morgan fingerprint density at radius 2 is 2.29 bits per heavy atom. The molecule has 3 atom stereocenters. The topological polar surface area (TPSA) is 75.3 Å². The van der Waals surface area contributed by atoms with Gasteiger partial charge in [-0.25, -0.2) is 5.84 Å². The van der Waals surface area contributed by atoms with Crippen molar-refractivity contribution in [3.05, 3.63) is 11.6 Å². The Hall–Kier alpha value is -0.870. The average molecular weight is 240 g/mol. The first-order valence-electron chi connectivity index (χ1n) is 6.47. The lowest BCUT2D eigenvalue weighted by atomic mass is 9.75. The van der Waals surface area contributed by atoms with Gasteiger partial charge in [0.05, 0.1) is 12.0 Å². The summed E-state index contributed by atoms with van der Waals surface area (Å²) in [4.78, 5) is 11.8. The van der Waals surface area contributed by atoms with Crippen LogP contribution in [0.4, 0.5) is 0 Å². The number of aliphatic hydroxyl groups excluding tert-OH is 1. The SMILES string of the molecule is CCCCC[C@H]1C[C@H](O)C=C(C)[C@@H]1C(=O)NN. The minimum Gasteiger partial charge on any atom is -0.389 e. The fourth-order valence-electron chi connectivity index (χ4n) is 2.74. The zero-order chi connectivity index (χ0) is 12.8. The molecule has 0 fully saturated rings. The van der Waals surface area contributed by atoms with Crippen molar-refractivity contribution in [1.82, 2.24) is 5.43 Å². The van der Waals surface area contributed by atoms with Gasteiger partial charge in [0.2, 0.25) is 5.91 Å². The minimum absolute atomic E-state index is 0.132.